The van der Waals surface area contributed by atoms with Gasteiger partial charge in [-0.1, -0.05) is 57.2 Å². The van der Waals surface area contributed by atoms with Gasteiger partial charge in [0.1, 0.15) is 11.7 Å². The Hall–Kier alpha value is -4.61. The molecule has 6 rings (SSSR count). The fourth-order valence-electron chi connectivity index (χ4n) is 5.90. The lowest BCUT2D eigenvalue weighted by Crippen LogP contribution is -2.59. The number of H-pyrrole nitrogens is 1. The number of carbonyl (C=O) groups is 3. The molecule has 3 atom stereocenters. The van der Waals surface area contributed by atoms with Crippen LogP contribution in [-0.4, -0.2) is 68.7 Å². The van der Waals surface area contributed by atoms with E-state index in [9.17, 15) is 27.6 Å². The summed E-state index contributed by atoms with van der Waals surface area (Å²) in [5, 5.41) is 3.75. The Morgan fingerprint density at radius 1 is 0.977 bits per heavy atom. The molecule has 224 valence electrons. The van der Waals surface area contributed by atoms with Crippen molar-refractivity contribution in [3.05, 3.63) is 77.8 Å². The van der Waals surface area contributed by atoms with Crippen molar-refractivity contribution < 1.29 is 32.0 Å². The van der Waals surface area contributed by atoms with Crippen molar-refractivity contribution >= 4 is 28.6 Å². The van der Waals surface area contributed by atoms with Crippen molar-refractivity contribution in [2.24, 2.45) is 5.41 Å². The molecule has 0 aliphatic carbocycles. The predicted octanol–water partition coefficient (Wildman–Crippen LogP) is 5.11. The molecule has 2 saturated heterocycles. The number of aromatic nitrogens is 2. The van der Waals surface area contributed by atoms with E-state index in [0.29, 0.717) is 17.7 Å². The summed E-state index contributed by atoms with van der Waals surface area (Å²) in [4.78, 5) is 50.5. The third-order valence-electron chi connectivity index (χ3n) is 8.06. The first kappa shape index (κ1) is 28.5. The van der Waals surface area contributed by atoms with E-state index in [1.807, 2.05) is 45.0 Å². The Kier molecular flexibility index (Phi) is 6.82. The molecule has 3 amide bonds. The zero-order chi connectivity index (χ0) is 30.7. The van der Waals surface area contributed by atoms with E-state index in [-0.39, 0.29) is 24.9 Å². The maximum atomic E-state index is 13.9. The van der Waals surface area contributed by atoms with E-state index in [1.165, 1.54) is 4.90 Å². The van der Waals surface area contributed by atoms with Crippen LogP contribution in [0.3, 0.4) is 0 Å². The second-order valence-corrected chi connectivity index (χ2v) is 12.1. The first-order valence-corrected chi connectivity index (χ1v) is 13.9. The van der Waals surface area contributed by atoms with Gasteiger partial charge >= 0.3 is 6.18 Å². The number of benzene rings is 2. The molecule has 2 bridgehead atoms. The quantitative estimate of drug-likeness (QED) is 0.334. The highest BCUT2D eigenvalue weighted by Crippen LogP contribution is 2.39. The Balaban J connectivity index is 1.19. The highest BCUT2D eigenvalue weighted by molar-refractivity contribution is 6.00. The van der Waals surface area contributed by atoms with Crippen molar-refractivity contribution in [2.75, 3.05) is 13.1 Å². The number of amides is 3. The fraction of sp³-hybridized carbons (Fsp3) is 0.355. The number of aromatic amines is 1. The van der Waals surface area contributed by atoms with Gasteiger partial charge in [-0.05, 0) is 36.1 Å². The van der Waals surface area contributed by atoms with Crippen LogP contribution in [0, 0.1) is 5.41 Å². The molecule has 0 radical (unpaired) electrons. The standard InChI is InChI=1S/C31H30F3N5O4/c1-30(2,3)24(37-26(40)22-13-18-11-7-8-12-21(18)35-22)29(42)39-16-19-14-20(39)15-38(19)28(41)23-25(31(32,33)34)43-27(36-23)17-9-5-4-6-10-17/h4-13,19-20,24,35H,14-16H2,1-3H3,(H,37,40)/t19-,20-,24+/m0/s1. The highest BCUT2D eigenvalue weighted by Gasteiger charge is 2.52. The molecule has 4 heterocycles. The van der Waals surface area contributed by atoms with E-state index >= 15 is 0 Å². The van der Waals surface area contributed by atoms with Crippen molar-refractivity contribution in [2.45, 2.75) is 51.5 Å². The second kappa shape index (κ2) is 10.3. The number of nitrogens with one attached hydrogen (secondary N) is 2. The number of piperazine rings is 1. The Bertz CT molecular complexity index is 1670. The van der Waals surface area contributed by atoms with Crippen molar-refractivity contribution in [3.8, 4) is 11.5 Å². The molecule has 2 aromatic carbocycles. The van der Waals surface area contributed by atoms with Crippen LogP contribution in [0.2, 0.25) is 0 Å². The number of hydrogen-bond acceptors (Lipinski definition) is 5. The minimum Gasteiger partial charge on any atom is -0.431 e. The minimum absolute atomic E-state index is 0.0485. The first-order valence-electron chi connectivity index (χ1n) is 13.9. The number of oxazole rings is 1. The maximum absolute atomic E-state index is 13.9. The zero-order valence-corrected chi connectivity index (χ0v) is 23.7. The van der Waals surface area contributed by atoms with Crippen LogP contribution >= 0.6 is 0 Å². The molecule has 9 nitrogen and oxygen atoms in total. The van der Waals surface area contributed by atoms with Gasteiger partial charge in [0, 0.05) is 29.6 Å². The van der Waals surface area contributed by atoms with E-state index in [0.717, 1.165) is 10.9 Å². The van der Waals surface area contributed by atoms with Gasteiger partial charge < -0.3 is 24.5 Å². The molecule has 0 unspecified atom stereocenters. The van der Waals surface area contributed by atoms with E-state index in [1.54, 1.807) is 41.3 Å². The fourth-order valence-corrected chi connectivity index (χ4v) is 5.90. The second-order valence-electron chi connectivity index (χ2n) is 12.1. The number of likely N-dealkylation sites (tertiary alicyclic amines) is 2. The average molecular weight is 594 g/mol. The lowest BCUT2D eigenvalue weighted by atomic mass is 9.85. The third kappa shape index (κ3) is 5.26. The smallest absolute Gasteiger partial charge is 0.431 e. The summed E-state index contributed by atoms with van der Waals surface area (Å²) in [5.74, 6) is -3.36. The molecule has 2 fully saturated rings. The van der Waals surface area contributed by atoms with Crippen molar-refractivity contribution in [1.82, 2.24) is 25.1 Å². The normalized spacial score (nSPS) is 19.2. The molecule has 12 heteroatoms. The van der Waals surface area contributed by atoms with Crippen LogP contribution in [0.25, 0.3) is 22.4 Å². The average Bonchev–Trinajstić information content (AvgIpc) is 3.76. The van der Waals surface area contributed by atoms with Crippen LogP contribution in [0.1, 0.15) is 53.9 Å². The number of rotatable bonds is 5. The molecule has 4 aromatic rings. The summed E-state index contributed by atoms with van der Waals surface area (Å²) in [7, 11) is 0. The van der Waals surface area contributed by atoms with Crippen LogP contribution in [-0.2, 0) is 11.0 Å². The molecule has 0 spiro atoms. The van der Waals surface area contributed by atoms with Gasteiger partial charge in [0.05, 0.1) is 12.1 Å². The number of nitrogens with zero attached hydrogens (tertiary/aromatic N) is 3. The van der Waals surface area contributed by atoms with Gasteiger partial charge in [0.15, 0.2) is 5.69 Å². The zero-order valence-electron chi connectivity index (χ0n) is 23.7. The summed E-state index contributed by atoms with van der Waals surface area (Å²) in [6, 6.07) is 15.4. The predicted molar refractivity (Wildman–Crippen MR) is 151 cm³/mol. The van der Waals surface area contributed by atoms with Gasteiger partial charge in [-0.15, -0.1) is 0 Å². The summed E-state index contributed by atoms with van der Waals surface area (Å²) in [6.45, 7) is 5.72. The SMILES string of the molecule is CC(C)(C)[C@H](NC(=O)c1cc2ccccc2[nH]1)C(=O)N1C[C@@H]2C[C@H]1CN2C(=O)c1nc(-c2ccccc2)oc1C(F)(F)F. The Labute approximate surface area is 245 Å². The van der Waals surface area contributed by atoms with Gasteiger partial charge in [0.25, 0.3) is 11.8 Å². The number of carbonyl (C=O) groups excluding carboxylic acids is 3. The topological polar surface area (TPSA) is 112 Å². The van der Waals surface area contributed by atoms with E-state index in [4.69, 9.17) is 4.42 Å². The van der Waals surface area contributed by atoms with E-state index < -0.39 is 53.0 Å². The number of fused-ring (bicyclic) bond motifs is 3. The lowest BCUT2D eigenvalue weighted by molar-refractivity contribution is -0.153. The highest BCUT2D eigenvalue weighted by atomic mass is 19.4. The van der Waals surface area contributed by atoms with Gasteiger partial charge in [-0.25, -0.2) is 4.98 Å². The third-order valence-corrected chi connectivity index (χ3v) is 8.06. The number of halogens is 3. The van der Waals surface area contributed by atoms with E-state index in [2.05, 4.69) is 15.3 Å². The van der Waals surface area contributed by atoms with Crippen molar-refractivity contribution in [1.29, 1.82) is 0 Å². The molecule has 2 aliphatic heterocycles. The molecule has 2 aliphatic rings. The lowest BCUT2D eigenvalue weighted by Gasteiger charge is -2.39. The minimum atomic E-state index is -4.92. The van der Waals surface area contributed by atoms with Crippen LogP contribution in [0.4, 0.5) is 13.2 Å². The summed E-state index contributed by atoms with van der Waals surface area (Å²) >= 11 is 0. The van der Waals surface area contributed by atoms with Gasteiger partial charge in [-0.2, -0.15) is 13.2 Å². The van der Waals surface area contributed by atoms with Gasteiger partial charge in [-0.3, -0.25) is 14.4 Å². The maximum Gasteiger partial charge on any atom is 0.452 e. The summed E-state index contributed by atoms with van der Waals surface area (Å²) in [5.41, 5.74) is -0.00775. The number of para-hydroxylation sites is 1. The van der Waals surface area contributed by atoms with Gasteiger partial charge in [0.2, 0.25) is 17.6 Å². The monoisotopic (exact) mass is 593 g/mol. The Morgan fingerprint density at radius 2 is 1.63 bits per heavy atom. The number of alkyl halides is 3. The summed E-state index contributed by atoms with van der Waals surface area (Å²) < 4.78 is 46.7. The molecular weight excluding hydrogens is 563 g/mol. The van der Waals surface area contributed by atoms with Crippen molar-refractivity contribution in [3.63, 3.8) is 0 Å². The summed E-state index contributed by atoms with van der Waals surface area (Å²) in [6.07, 6.45) is -4.51. The van der Waals surface area contributed by atoms with Crippen LogP contribution < -0.4 is 5.32 Å². The molecule has 2 aromatic heterocycles. The molecular formula is C31H30F3N5O4. The van der Waals surface area contributed by atoms with Crippen LogP contribution in [0.5, 0.6) is 0 Å². The number of hydrogen-bond donors (Lipinski definition) is 2. The largest absolute Gasteiger partial charge is 0.452 e. The van der Waals surface area contributed by atoms with Crippen LogP contribution in [0.15, 0.2) is 65.1 Å². The Morgan fingerprint density at radius 3 is 2.26 bits per heavy atom. The molecule has 0 saturated carbocycles. The molecule has 2 N–H and O–H groups in total. The molecule has 43 heavy (non-hydrogen) atoms. The first-order chi connectivity index (χ1) is 20.3.